The van der Waals surface area contributed by atoms with E-state index in [9.17, 15) is 4.79 Å². The highest BCUT2D eigenvalue weighted by molar-refractivity contribution is 5.92. The minimum atomic E-state index is 0.0887. The Hall–Kier alpha value is -1.39. The van der Waals surface area contributed by atoms with Crippen molar-refractivity contribution in [1.29, 1.82) is 0 Å². The van der Waals surface area contributed by atoms with Crippen LogP contribution in [-0.2, 0) is 9.53 Å². The highest BCUT2D eigenvalue weighted by Gasteiger charge is 2.25. The van der Waals surface area contributed by atoms with Crippen molar-refractivity contribution in [3.63, 3.8) is 0 Å². The molecule has 104 valence electrons. The lowest BCUT2D eigenvalue weighted by Gasteiger charge is -2.31. The Morgan fingerprint density at radius 3 is 2.95 bits per heavy atom. The van der Waals surface area contributed by atoms with Crippen LogP contribution in [0.3, 0.4) is 0 Å². The highest BCUT2D eigenvalue weighted by atomic mass is 16.5. The summed E-state index contributed by atoms with van der Waals surface area (Å²) in [4.78, 5) is 14.5. The van der Waals surface area contributed by atoms with Crippen molar-refractivity contribution in [3.05, 3.63) is 30.3 Å². The Morgan fingerprint density at radius 2 is 2.21 bits per heavy atom. The molecule has 1 atom stereocenters. The van der Waals surface area contributed by atoms with Crippen LogP contribution in [0.2, 0.25) is 0 Å². The van der Waals surface area contributed by atoms with Crippen molar-refractivity contribution >= 4 is 11.6 Å². The average molecular weight is 262 g/mol. The fourth-order valence-corrected chi connectivity index (χ4v) is 2.46. The largest absolute Gasteiger partial charge is 0.383 e. The molecule has 2 rings (SSSR count). The number of carbonyl (C=O) groups excluding carboxylic acids is 1. The molecule has 1 saturated heterocycles. The zero-order valence-electron chi connectivity index (χ0n) is 11.5. The van der Waals surface area contributed by atoms with Gasteiger partial charge < -0.3 is 15.0 Å². The number of nitrogens with one attached hydrogen (secondary N) is 1. The third-order valence-electron chi connectivity index (χ3n) is 3.53. The van der Waals surface area contributed by atoms with Crippen LogP contribution < -0.4 is 5.32 Å². The lowest BCUT2D eigenvalue weighted by atomic mass is 9.97. The molecule has 1 amide bonds. The van der Waals surface area contributed by atoms with Gasteiger partial charge >= 0.3 is 0 Å². The zero-order chi connectivity index (χ0) is 13.5. The predicted octanol–water partition coefficient (Wildman–Crippen LogP) is 1.98. The maximum absolute atomic E-state index is 12.2. The molecule has 0 saturated carbocycles. The second-order valence-corrected chi connectivity index (χ2v) is 4.99. The van der Waals surface area contributed by atoms with Gasteiger partial charge in [-0.3, -0.25) is 4.79 Å². The first kappa shape index (κ1) is 14.0. The molecular weight excluding hydrogens is 240 g/mol. The predicted molar refractivity (Wildman–Crippen MR) is 76.1 cm³/mol. The molecule has 1 heterocycles. The molecule has 0 bridgehead atoms. The summed E-state index contributed by atoms with van der Waals surface area (Å²) in [6.45, 7) is 3.54. The molecule has 4 heteroatoms. The quantitative estimate of drug-likeness (QED) is 0.882. The van der Waals surface area contributed by atoms with Gasteiger partial charge in [-0.05, 0) is 31.5 Å². The third-order valence-corrected chi connectivity index (χ3v) is 3.53. The van der Waals surface area contributed by atoms with E-state index < -0.39 is 0 Å². The summed E-state index contributed by atoms with van der Waals surface area (Å²) >= 11 is 0. The standard InChI is InChI=1S/C15H22N2O2/c1-19-11-10-17-9-5-6-13(12-17)15(18)16-14-7-3-2-4-8-14/h2-4,7-8,13H,5-6,9-12H2,1H3,(H,16,18)/t13-/m1/s1. The first-order valence-electron chi connectivity index (χ1n) is 6.87. The summed E-state index contributed by atoms with van der Waals surface area (Å²) in [5.74, 6) is 0.221. The molecule has 1 fully saturated rings. The molecule has 4 nitrogen and oxygen atoms in total. The van der Waals surface area contributed by atoms with E-state index in [-0.39, 0.29) is 11.8 Å². The first-order valence-corrected chi connectivity index (χ1v) is 6.87. The second kappa shape index (κ2) is 7.26. The van der Waals surface area contributed by atoms with Crippen LogP contribution in [0.5, 0.6) is 0 Å². The van der Waals surface area contributed by atoms with E-state index in [4.69, 9.17) is 4.74 Å². The first-order chi connectivity index (χ1) is 9.29. The highest BCUT2D eigenvalue weighted by Crippen LogP contribution is 2.18. The molecule has 1 N–H and O–H groups in total. The number of rotatable bonds is 5. The fraction of sp³-hybridized carbons (Fsp3) is 0.533. The fourth-order valence-electron chi connectivity index (χ4n) is 2.46. The van der Waals surface area contributed by atoms with Gasteiger partial charge in [0.1, 0.15) is 0 Å². The molecule has 0 radical (unpaired) electrons. The van der Waals surface area contributed by atoms with Crippen molar-refractivity contribution < 1.29 is 9.53 Å². The van der Waals surface area contributed by atoms with E-state index in [1.807, 2.05) is 30.3 Å². The number of nitrogens with zero attached hydrogens (tertiary/aromatic N) is 1. The third kappa shape index (κ3) is 4.33. The number of methoxy groups -OCH3 is 1. The van der Waals surface area contributed by atoms with Crippen molar-refractivity contribution in [2.24, 2.45) is 5.92 Å². The number of amides is 1. The van der Waals surface area contributed by atoms with E-state index in [1.165, 1.54) is 0 Å². The van der Waals surface area contributed by atoms with Crippen LogP contribution in [0.15, 0.2) is 30.3 Å². The molecule has 1 aromatic carbocycles. The zero-order valence-corrected chi connectivity index (χ0v) is 11.5. The van der Waals surface area contributed by atoms with E-state index in [0.717, 1.165) is 44.8 Å². The summed E-state index contributed by atoms with van der Waals surface area (Å²) in [6.07, 6.45) is 2.05. The Balaban J connectivity index is 1.85. The Bertz CT molecular complexity index is 394. The number of para-hydroxylation sites is 1. The van der Waals surface area contributed by atoms with Gasteiger partial charge in [-0.15, -0.1) is 0 Å². The van der Waals surface area contributed by atoms with E-state index >= 15 is 0 Å². The van der Waals surface area contributed by atoms with Gasteiger partial charge in [0, 0.05) is 25.9 Å². The van der Waals surface area contributed by atoms with Crippen LogP contribution in [0.25, 0.3) is 0 Å². The van der Waals surface area contributed by atoms with E-state index in [2.05, 4.69) is 10.2 Å². The summed E-state index contributed by atoms with van der Waals surface area (Å²) < 4.78 is 5.09. The number of hydrogen-bond acceptors (Lipinski definition) is 3. The number of piperidine rings is 1. The molecule has 1 aliphatic rings. The topological polar surface area (TPSA) is 41.6 Å². The van der Waals surface area contributed by atoms with Crippen LogP contribution >= 0.6 is 0 Å². The monoisotopic (exact) mass is 262 g/mol. The van der Waals surface area contributed by atoms with Crippen molar-refractivity contribution in [3.8, 4) is 0 Å². The summed E-state index contributed by atoms with van der Waals surface area (Å²) in [5.41, 5.74) is 0.876. The number of ether oxygens (including phenoxy) is 1. The van der Waals surface area contributed by atoms with Crippen molar-refractivity contribution in [2.75, 3.05) is 38.7 Å². The molecule has 1 aliphatic heterocycles. The maximum atomic E-state index is 12.2. The van der Waals surface area contributed by atoms with Gasteiger partial charge in [-0.1, -0.05) is 18.2 Å². The average Bonchev–Trinajstić information content (AvgIpc) is 2.46. The summed E-state index contributed by atoms with van der Waals surface area (Å²) in [5, 5.41) is 2.99. The Kier molecular flexibility index (Phi) is 5.36. The van der Waals surface area contributed by atoms with Crippen LogP contribution in [0.4, 0.5) is 5.69 Å². The van der Waals surface area contributed by atoms with Crippen molar-refractivity contribution in [1.82, 2.24) is 4.90 Å². The number of benzene rings is 1. The van der Waals surface area contributed by atoms with Crippen LogP contribution in [-0.4, -0.2) is 44.2 Å². The molecular formula is C15H22N2O2. The van der Waals surface area contributed by atoms with Gasteiger partial charge in [-0.2, -0.15) is 0 Å². The second-order valence-electron chi connectivity index (χ2n) is 4.99. The Morgan fingerprint density at radius 1 is 1.42 bits per heavy atom. The van der Waals surface area contributed by atoms with Crippen molar-refractivity contribution in [2.45, 2.75) is 12.8 Å². The van der Waals surface area contributed by atoms with Crippen LogP contribution in [0.1, 0.15) is 12.8 Å². The van der Waals surface area contributed by atoms with Gasteiger partial charge in [0.25, 0.3) is 0 Å². The van der Waals surface area contributed by atoms with E-state index in [0.29, 0.717) is 0 Å². The molecule has 1 aromatic rings. The molecule has 0 unspecified atom stereocenters. The lowest BCUT2D eigenvalue weighted by Crippen LogP contribution is -2.41. The minimum Gasteiger partial charge on any atom is -0.383 e. The van der Waals surface area contributed by atoms with Gasteiger partial charge in [-0.25, -0.2) is 0 Å². The molecule has 0 spiro atoms. The maximum Gasteiger partial charge on any atom is 0.228 e. The number of hydrogen-bond donors (Lipinski definition) is 1. The van der Waals surface area contributed by atoms with Gasteiger partial charge in [0.2, 0.25) is 5.91 Å². The summed E-state index contributed by atoms with van der Waals surface area (Å²) in [7, 11) is 1.71. The SMILES string of the molecule is COCCN1CCC[C@@H](C(=O)Nc2ccccc2)C1. The smallest absolute Gasteiger partial charge is 0.228 e. The van der Waals surface area contributed by atoms with Crippen LogP contribution in [0, 0.1) is 5.92 Å². The number of likely N-dealkylation sites (tertiary alicyclic amines) is 1. The molecule has 0 aromatic heterocycles. The van der Waals surface area contributed by atoms with Gasteiger partial charge in [0.15, 0.2) is 0 Å². The lowest BCUT2D eigenvalue weighted by molar-refractivity contribution is -0.121. The number of anilines is 1. The number of carbonyl (C=O) groups is 1. The summed E-state index contributed by atoms with van der Waals surface area (Å²) in [6, 6.07) is 9.65. The normalized spacial score (nSPS) is 20.2. The Labute approximate surface area is 114 Å². The minimum absolute atomic E-state index is 0.0887. The molecule has 19 heavy (non-hydrogen) atoms. The van der Waals surface area contributed by atoms with Gasteiger partial charge in [0.05, 0.1) is 12.5 Å². The molecule has 0 aliphatic carbocycles. The van der Waals surface area contributed by atoms with E-state index in [1.54, 1.807) is 7.11 Å².